The van der Waals surface area contributed by atoms with Crippen LogP contribution in [0.4, 0.5) is 11.4 Å². The van der Waals surface area contributed by atoms with Crippen molar-refractivity contribution in [2.75, 3.05) is 32.1 Å². The standard InChI is InChI=1S/C18H20N6S.ClH/c1-23(2)10-5-11-24-14-6-3-4-7-16(14)25-17-9-8-13(12-15(17)24)18-19-21-22-20-18;/h3-4,6-9,12H,5,10-11H2,1-2H3,(H,19,20,21,22);1H. The number of aromatic amines is 1. The summed E-state index contributed by atoms with van der Waals surface area (Å²) in [7, 11) is 4.23. The fourth-order valence-corrected chi connectivity index (χ4v) is 4.12. The molecular weight excluding hydrogens is 368 g/mol. The third-order valence-electron chi connectivity index (χ3n) is 4.23. The number of halogens is 1. The van der Waals surface area contributed by atoms with Crippen molar-refractivity contribution in [3.8, 4) is 11.4 Å². The fourth-order valence-electron chi connectivity index (χ4n) is 3.04. The van der Waals surface area contributed by atoms with Gasteiger partial charge in [-0.1, -0.05) is 23.9 Å². The molecule has 2 aromatic carbocycles. The molecule has 0 aliphatic carbocycles. The van der Waals surface area contributed by atoms with Gasteiger partial charge in [0, 0.05) is 21.9 Å². The molecule has 8 heteroatoms. The number of nitrogens with one attached hydrogen (secondary N) is 1. The fraction of sp³-hybridized carbons (Fsp3) is 0.278. The van der Waals surface area contributed by atoms with Gasteiger partial charge in [0.2, 0.25) is 0 Å². The molecule has 26 heavy (non-hydrogen) atoms. The first kappa shape index (κ1) is 18.7. The molecule has 6 nitrogen and oxygen atoms in total. The molecule has 3 aromatic rings. The number of anilines is 2. The number of fused-ring (bicyclic) bond motifs is 2. The Labute approximate surface area is 163 Å². The molecule has 1 N–H and O–H groups in total. The maximum absolute atomic E-state index is 4.04. The van der Waals surface area contributed by atoms with Gasteiger partial charge in [-0.05, 0) is 67.8 Å². The van der Waals surface area contributed by atoms with Crippen LogP contribution in [0.25, 0.3) is 11.4 Å². The Bertz CT molecular complexity index is 868. The Morgan fingerprint density at radius 2 is 1.88 bits per heavy atom. The van der Waals surface area contributed by atoms with E-state index in [1.807, 2.05) is 11.8 Å². The third kappa shape index (κ3) is 3.70. The predicted octanol–water partition coefficient (Wildman–Crippen LogP) is 3.84. The van der Waals surface area contributed by atoms with E-state index < -0.39 is 0 Å². The van der Waals surface area contributed by atoms with Gasteiger partial charge in [0.05, 0.1) is 11.4 Å². The first-order chi connectivity index (χ1) is 12.2. The summed E-state index contributed by atoms with van der Waals surface area (Å²) in [4.78, 5) is 7.20. The Morgan fingerprint density at radius 3 is 2.65 bits per heavy atom. The van der Waals surface area contributed by atoms with E-state index >= 15 is 0 Å². The molecule has 136 valence electrons. The summed E-state index contributed by atoms with van der Waals surface area (Å²) >= 11 is 1.82. The monoisotopic (exact) mass is 388 g/mol. The Kier molecular flexibility index (Phi) is 5.80. The molecule has 0 amide bonds. The van der Waals surface area contributed by atoms with Crippen molar-refractivity contribution in [2.45, 2.75) is 16.2 Å². The van der Waals surface area contributed by atoms with Crippen LogP contribution in [0.3, 0.4) is 0 Å². The molecule has 0 saturated heterocycles. The lowest BCUT2D eigenvalue weighted by Gasteiger charge is -2.33. The molecule has 1 aliphatic heterocycles. The molecule has 0 fully saturated rings. The van der Waals surface area contributed by atoms with E-state index in [0.717, 1.165) is 25.1 Å². The maximum Gasteiger partial charge on any atom is 0.179 e. The second-order valence-electron chi connectivity index (χ2n) is 6.31. The summed E-state index contributed by atoms with van der Waals surface area (Å²) in [6.45, 7) is 2.04. The van der Waals surface area contributed by atoms with Gasteiger partial charge < -0.3 is 9.80 Å². The number of rotatable bonds is 5. The highest BCUT2D eigenvalue weighted by Gasteiger charge is 2.23. The van der Waals surface area contributed by atoms with Crippen molar-refractivity contribution < 1.29 is 0 Å². The van der Waals surface area contributed by atoms with Crippen LogP contribution in [0.15, 0.2) is 52.3 Å². The number of hydrogen-bond acceptors (Lipinski definition) is 6. The summed E-state index contributed by atoms with van der Waals surface area (Å²) in [5.41, 5.74) is 3.49. The highest BCUT2D eigenvalue weighted by Crippen LogP contribution is 2.48. The van der Waals surface area contributed by atoms with Crippen LogP contribution in [-0.4, -0.2) is 52.7 Å². The Balaban J connectivity index is 0.00000196. The zero-order valence-corrected chi connectivity index (χ0v) is 16.3. The van der Waals surface area contributed by atoms with Crippen LogP contribution in [0.1, 0.15) is 6.42 Å². The van der Waals surface area contributed by atoms with Crippen LogP contribution < -0.4 is 4.90 Å². The Morgan fingerprint density at radius 1 is 1.08 bits per heavy atom. The van der Waals surface area contributed by atoms with E-state index in [1.54, 1.807) is 0 Å². The maximum atomic E-state index is 4.04. The SMILES string of the molecule is CN(C)CCCN1c2ccccc2Sc2ccc(-c3nnn[nH]3)cc21.Cl. The molecule has 0 unspecified atom stereocenters. The minimum absolute atomic E-state index is 0. The molecule has 0 radical (unpaired) electrons. The lowest BCUT2D eigenvalue weighted by Crippen LogP contribution is -2.25. The van der Waals surface area contributed by atoms with Gasteiger partial charge >= 0.3 is 0 Å². The van der Waals surface area contributed by atoms with Crippen LogP contribution in [0, 0.1) is 0 Å². The number of aromatic nitrogens is 4. The molecule has 0 spiro atoms. The van der Waals surface area contributed by atoms with Gasteiger partial charge in [0.25, 0.3) is 0 Å². The van der Waals surface area contributed by atoms with Crippen molar-refractivity contribution in [2.24, 2.45) is 0 Å². The number of nitrogens with zero attached hydrogens (tertiary/aromatic N) is 5. The minimum atomic E-state index is 0. The van der Waals surface area contributed by atoms with Gasteiger partial charge in [0.1, 0.15) is 0 Å². The van der Waals surface area contributed by atoms with E-state index in [9.17, 15) is 0 Å². The molecule has 1 aliphatic rings. The number of H-pyrrole nitrogens is 1. The van der Waals surface area contributed by atoms with Crippen molar-refractivity contribution in [1.29, 1.82) is 0 Å². The topological polar surface area (TPSA) is 60.9 Å². The van der Waals surface area contributed by atoms with Crippen LogP contribution in [0.5, 0.6) is 0 Å². The second kappa shape index (κ2) is 8.07. The molecule has 0 saturated carbocycles. The summed E-state index contributed by atoms with van der Waals surface area (Å²) in [6.07, 6.45) is 1.10. The third-order valence-corrected chi connectivity index (χ3v) is 5.36. The minimum Gasteiger partial charge on any atom is -0.340 e. The smallest absolute Gasteiger partial charge is 0.179 e. The molecule has 1 aromatic heterocycles. The second-order valence-corrected chi connectivity index (χ2v) is 7.39. The van der Waals surface area contributed by atoms with Crippen molar-refractivity contribution in [3.05, 3.63) is 42.5 Å². The van der Waals surface area contributed by atoms with E-state index in [0.29, 0.717) is 5.82 Å². The summed E-state index contributed by atoms with van der Waals surface area (Å²) < 4.78 is 0. The zero-order chi connectivity index (χ0) is 17.2. The Hall–Kier alpha value is -2.09. The molecule has 0 bridgehead atoms. The molecular formula is C18H21ClN6S. The number of benzene rings is 2. The molecule has 4 rings (SSSR count). The largest absolute Gasteiger partial charge is 0.340 e. The summed E-state index contributed by atoms with van der Waals surface area (Å²) in [5.74, 6) is 0.694. The van der Waals surface area contributed by atoms with Crippen LogP contribution in [0.2, 0.25) is 0 Å². The van der Waals surface area contributed by atoms with Crippen LogP contribution in [-0.2, 0) is 0 Å². The number of tetrazole rings is 1. The van der Waals surface area contributed by atoms with Crippen molar-refractivity contribution in [3.63, 3.8) is 0 Å². The number of para-hydroxylation sites is 1. The first-order valence-electron chi connectivity index (χ1n) is 8.29. The predicted molar refractivity (Wildman–Crippen MR) is 108 cm³/mol. The normalized spacial score (nSPS) is 12.5. The lowest BCUT2D eigenvalue weighted by atomic mass is 10.1. The van der Waals surface area contributed by atoms with Gasteiger partial charge in [-0.15, -0.1) is 17.5 Å². The molecule has 0 atom stereocenters. The van der Waals surface area contributed by atoms with Crippen LogP contribution >= 0.6 is 24.2 Å². The number of hydrogen-bond donors (Lipinski definition) is 1. The van der Waals surface area contributed by atoms with Gasteiger partial charge in [-0.3, -0.25) is 0 Å². The zero-order valence-electron chi connectivity index (χ0n) is 14.7. The quantitative estimate of drug-likeness (QED) is 0.716. The highest BCUT2D eigenvalue weighted by molar-refractivity contribution is 7.99. The van der Waals surface area contributed by atoms with Crippen molar-refractivity contribution in [1.82, 2.24) is 25.5 Å². The van der Waals surface area contributed by atoms with Gasteiger partial charge in [0.15, 0.2) is 5.82 Å². The first-order valence-corrected chi connectivity index (χ1v) is 9.11. The summed E-state index contributed by atoms with van der Waals surface area (Å²) in [6, 6.07) is 15.0. The average molecular weight is 389 g/mol. The van der Waals surface area contributed by atoms with E-state index in [-0.39, 0.29) is 12.4 Å². The highest BCUT2D eigenvalue weighted by atomic mass is 35.5. The van der Waals surface area contributed by atoms with E-state index in [2.05, 4.69) is 87.0 Å². The van der Waals surface area contributed by atoms with E-state index in [4.69, 9.17) is 0 Å². The lowest BCUT2D eigenvalue weighted by molar-refractivity contribution is 0.402. The molecule has 2 heterocycles. The van der Waals surface area contributed by atoms with Crippen molar-refractivity contribution >= 4 is 35.5 Å². The summed E-state index contributed by atoms with van der Waals surface area (Å²) in [5, 5.41) is 14.3. The van der Waals surface area contributed by atoms with E-state index in [1.165, 1.54) is 21.2 Å². The van der Waals surface area contributed by atoms with Gasteiger partial charge in [-0.25, -0.2) is 5.10 Å². The average Bonchev–Trinajstić information content (AvgIpc) is 3.15. The van der Waals surface area contributed by atoms with Gasteiger partial charge in [-0.2, -0.15) is 0 Å².